The lowest BCUT2D eigenvalue weighted by Crippen LogP contribution is -2.30. The van der Waals surface area contributed by atoms with E-state index in [1.54, 1.807) is 19.0 Å². The molecule has 0 N–H and O–H groups in total. The van der Waals surface area contributed by atoms with Crippen molar-refractivity contribution < 1.29 is 23.9 Å². The first kappa shape index (κ1) is 22.5. The molecule has 0 bridgehead atoms. The maximum Gasteiger partial charge on any atom is 0.248 e. The molecule has 0 atom stereocenters. The molecule has 7 heteroatoms. The fraction of sp³-hybridized carbons (Fsp3) is 0.500. The molecule has 0 spiro atoms. The maximum absolute atomic E-state index is 12.1. The Morgan fingerprint density at radius 1 is 1.07 bits per heavy atom. The Kier molecular flexibility index (Phi) is 9.96. The molecule has 0 heterocycles. The summed E-state index contributed by atoms with van der Waals surface area (Å²) in [7, 11) is 3.40. The van der Waals surface area contributed by atoms with Gasteiger partial charge in [-0.05, 0) is 24.5 Å². The van der Waals surface area contributed by atoms with E-state index in [2.05, 4.69) is 0 Å². The number of hydrogen-bond acceptors (Lipinski definition) is 5. The molecule has 0 aromatic heterocycles. The van der Waals surface area contributed by atoms with E-state index in [1.807, 2.05) is 24.3 Å². The molecular formula is C20H28N2O5. The number of likely N-dealkylation sites (N-methyl/N-ethyl adjacent to an activating group) is 1. The number of carbonyl (C=O) groups excluding carboxylic acids is 4. The van der Waals surface area contributed by atoms with Crippen LogP contribution in [0.5, 0.6) is 0 Å². The molecule has 2 amide bonds. The van der Waals surface area contributed by atoms with Crippen LogP contribution in [-0.4, -0.2) is 67.5 Å². The van der Waals surface area contributed by atoms with Gasteiger partial charge in [-0.2, -0.15) is 0 Å². The number of Topliss-reactive ketones (excluding diaryl/α,β-unsaturated/α-hetero) is 2. The summed E-state index contributed by atoms with van der Waals surface area (Å²) in [5.41, 5.74) is 1.80. The molecule has 0 fully saturated rings. The summed E-state index contributed by atoms with van der Waals surface area (Å²) >= 11 is 0. The molecular weight excluding hydrogens is 348 g/mol. The molecule has 1 aromatic carbocycles. The highest BCUT2D eigenvalue weighted by Gasteiger charge is 2.10. The quantitative estimate of drug-likeness (QED) is 0.294. The normalized spacial score (nSPS) is 10.3. The van der Waals surface area contributed by atoms with Gasteiger partial charge in [0.05, 0.1) is 6.42 Å². The van der Waals surface area contributed by atoms with Crippen LogP contribution in [0.25, 0.3) is 0 Å². The SMILES string of the molecule is CC(=O)CC(=O)Cc1ccc(CN(C)C(=O)COCCCN(C)C=O)cc1. The van der Waals surface area contributed by atoms with E-state index in [4.69, 9.17) is 4.74 Å². The Bertz CT molecular complexity index is 642. The van der Waals surface area contributed by atoms with Gasteiger partial charge in [-0.25, -0.2) is 0 Å². The van der Waals surface area contributed by atoms with Gasteiger partial charge in [-0.15, -0.1) is 0 Å². The minimum atomic E-state index is -0.130. The zero-order chi connectivity index (χ0) is 20.2. The highest BCUT2D eigenvalue weighted by molar-refractivity contribution is 5.98. The molecule has 0 radical (unpaired) electrons. The van der Waals surface area contributed by atoms with E-state index < -0.39 is 0 Å². The van der Waals surface area contributed by atoms with Gasteiger partial charge >= 0.3 is 0 Å². The summed E-state index contributed by atoms with van der Waals surface area (Å²) < 4.78 is 5.34. The van der Waals surface area contributed by atoms with E-state index in [0.29, 0.717) is 26.1 Å². The predicted octanol–water partition coefficient (Wildman–Crippen LogP) is 1.23. The molecule has 7 nitrogen and oxygen atoms in total. The topological polar surface area (TPSA) is 84.0 Å². The van der Waals surface area contributed by atoms with Crippen molar-refractivity contribution in [3.8, 4) is 0 Å². The third-order valence-electron chi connectivity index (χ3n) is 3.92. The Hall–Kier alpha value is -2.54. The second-order valence-corrected chi connectivity index (χ2v) is 6.65. The Labute approximate surface area is 160 Å². The van der Waals surface area contributed by atoms with Crippen molar-refractivity contribution in [2.45, 2.75) is 32.7 Å². The summed E-state index contributed by atoms with van der Waals surface area (Å²) in [6.07, 6.45) is 1.63. The van der Waals surface area contributed by atoms with Gasteiger partial charge in [0.1, 0.15) is 18.2 Å². The van der Waals surface area contributed by atoms with Crippen LogP contribution in [0.4, 0.5) is 0 Å². The molecule has 1 rings (SSSR count). The van der Waals surface area contributed by atoms with Crippen LogP contribution < -0.4 is 0 Å². The molecule has 0 unspecified atom stereocenters. The molecule has 0 saturated carbocycles. The zero-order valence-corrected chi connectivity index (χ0v) is 16.3. The number of nitrogens with zero attached hydrogens (tertiary/aromatic N) is 2. The first-order valence-electron chi connectivity index (χ1n) is 8.88. The fourth-order valence-electron chi connectivity index (χ4n) is 2.43. The van der Waals surface area contributed by atoms with Crippen molar-refractivity contribution >= 4 is 23.9 Å². The van der Waals surface area contributed by atoms with E-state index in [1.165, 1.54) is 11.8 Å². The lowest BCUT2D eigenvalue weighted by Gasteiger charge is -2.18. The Morgan fingerprint density at radius 2 is 1.70 bits per heavy atom. The van der Waals surface area contributed by atoms with E-state index >= 15 is 0 Å². The highest BCUT2D eigenvalue weighted by Crippen LogP contribution is 2.09. The highest BCUT2D eigenvalue weighted by atomic mass is 16.5. The predicted molar refractivity (Wildman–Crippen MR) is 101 cm³/mol. The second-order valence-electron chi connectivity index (χ2n) is 6.65. The van der Waals surface area contributed by atoms with Gasteiger partial charge in [-0.1, -0.05) is 24.3 Å². The van der Waals surface area contributed by atoms with Gasteiger partial charge < -0.3 is 14.5 Å². The number of carbonyl (C=O) groups is 4. The number of ether oxygens (including phenoxy) is 1. The fourth-order valence-corrected chi connectivity index (χ4v) is 2.43. The van der Waals surface area contributed by atoms with Gasteiger partial charge in [0.2, 0.25) is 12.3 Å². The molecule has 0 aliphatic carbocycles. The van der Waals surface area contributed by atoms with Crippen molar-refractivity contribution in [2.75, 3.05) is 33.9 Å². The summed E-state index contributed by atoms with van der Waals surface area (Å²) in [6, 6.07) is 7.42. The molecule has 0 aliphatic heterocycles. The van der Waals surface area contributed by atoms with Crippen molar-refractivity contribution in [1.29, 1.82) is 0 Å². The minimum absolute atomic E-state index is 0.00106. The number of benzene rings is 1. The van der Waals surface area contributed by atoms with Gasteiger partial charge in [-0.3, -0.25) is 19.2 Å². The van der Waals surface area contributed by atoms with Gasteiger partial charge in [0, 0.05) is 40.2 Å². The second kappa shape index (κ2) is 12.0. The van der Waals surface area contributed by atoms with Crippen molar-refractivity contribution in [1.82, 2.24) is 9.80 Å². The van der Waals surface area contributed by atoms with Crippen molar-refractivity contribution in [3.63, 3.8) is 0 Å². The molecule has 148 valence electrons. The molecule has 1 aromatic rings. The smallest absolute Gasteiger partial charge is 0.248 e. The van der Waals surface area contributed by atoms with Crippen molar-refractivity contribution in [2.24, 2.45) is 0 Å². The van der Waals surface area contributed by atoms with Crippen LogP contribution in [0, 0.1) is 0 Å². The standard InChI is InChI=1S/C20H28N2O5/c1-16(24)11-19(25)12-17-5-7-18(8-6-17)13-22(3)20(26)14-27-10-4-9-21(2)15-23/h5-8,15H,4,9-14H2,1-3H3. The van der Waals surface area contributed by atoms with Crippen LogP contribution in [0.3, 0.4) is 0 Å². The first-order valence-corrected chi connectivity index (χ1v) is 8.88. The van der Waals surface area contributed by atoms with Gasteiger partial charge in [0.15, 0.2) is 0 Å². The lowest BCUT2D eigenvalue weighted by molar-refractivity contribution is -0.135. The largest absolute Gasteiger partial charge is 0.372 e. The zero-order valence-electron chi connectivity index (χ0n) is 16.3. The third-order valence-corrected chi connectivity index (χ3v) is 3.92. The van der Waals surface area contributed by atoms with E-state index in [-0.39, 0.29) is 36.9 Å². The lowest BCUT2D eigenvalue weighted by atomic mass is 10.0. The van der Waals surface area contributed by atoms with Crippen LogP contribution in [0.1, 0.15) is 30.9 Å². The van der Waals surface area contributed by atoms with Gasteiger partial charge in [0.25, 0.3) is 0 Å². The van der Waals surface area contributed by atoms with Crippen molar-refractivity contribution in [3.05, 3.63) is 35.4 Å². The number of ketones is 2. The number of rotatable bonds is 13. The molecule has 0 saturated heterocycles. The molecule has 0 aliphatic rings. The third kappa shape index (κ3) is 9.65. The van der Waals surface area contributed by atoms with Crippen LogP contribution in [-0.2, 0) is 36.9 Å². The van der Waals surface area contributed by atoms with Crippen LogP contribution in [0.2, 0.25) is 0 Å². The minimum Gasteiger partial charge on any atom is -0.372 e. The Morgan fingerprint density at radius 3 is 2.30 bits per heavy atom. The van der Waals surface area contributed by atoms with Crippen LogP contribution in [0.15, 0.2) is 24.3 Å². The van der Waals surface area contributed by atoms with E-state index in [0.717, 1.165) is 17.5 Å². The average molecular weight is 376 g/mol. The summed E-state index contributed by atoms with van der Waals surface area (Å²) in [6.45, 7) is 2.85. The molecule has 27 heavy (non-hydrogen) atoms. The summed E-state index contributed by atoms with van der Waals surface area (Å²) in [5, 5.41) is 0. The Balaban J connectivity index is 2.35. The van der Waals surface area contributed by atoms with Crippen LogP contribution >= 0.6 is 0 Å². The maximum atomic E-state index is 12.1. The summed E-state index contributed by atoms with van der Waals surface area (Å²) in [5.74, 6) is -0.353. The summed E-state index contributed by atoms with van der Waals surface area (Å²) in [4.78, 5) is 48.2. The first-order chi connectivity index (χ1) is 12.8. The monoisotopic (exact) mass is 376 g/mol. The number of amides is 2. The van der Waals surface area contributed by atoms with E-state index in [9.17, 15) is 19.2 Å². The number of hydrogen-bond donors (Lipinski definition) is 0. The average Bonchev–Trinajstić information content (AvgIpc) is 2.61.